The lowest BCUT2D eigenvalue weighted by Gasteiger charge is -2.33. The maximum Gasteiger partial charge on any atom is 0.141 e. The maximum atomic E-state index is 6.29. The number of pyridine rings is 1. The van der Waals surface area contributed by atoms with Crippen LogP contribution < -0.4 is 0 Å². The second kappa shape index (κ2) is 9.64. The molecule has 1 aliphatic carbocycles. The number of nitrogens with zero attached hydrogens (tertiary/aromatic N) is 2. The minimum atomic E-state index is 0.697. The van der Waals surface area contributed by atoms with Crippen LogP contribution in [-0.2, 0) is 17.6 Å². The molecule has 1 aliphatic heterocycles. The summed E-state index contributed by atoms with van der Waals surface area (Å²) in [6, 6.07) is 15.0. The van der Waals surface area contributed by atoms with Crippen LogP contribution in [0.4, 0.5) is 0 Å². The van der Waals surface area contributed by atoms with E-state index < -0.39 is 0 Å². The number of benzene rings is 1. The van der Waals surface area contributed by atoms with Crippen molar-refractivity contribution in [2.75, 3.05) is 25.6 Å². The highest BCUT2D eigenvalue weighted by atomic mass is 32.2. The van der Waals surface area contributed by atoms with Crippen molar-refractivity contribution >= 4 is 11.8 Å². The van der Waals surface area contributed by atoms with E-state index in [0.29, 0.717) is 6.73 Å². The van der Waals surface area contributed by atoms with Gasteiger partial charge in [-0.2, -0.15) is 0 Å². The third kappa shape index (κ3) is 4.93. The molecule has 0 spiro atoms. The van der Waals surface area contributed by atoms with E-state index in [1.807, 2.05) is 18.0 Å². The Morgan fingerprint density at radius 3 is 2.79 bits per heavy atom. The lowest BCUT2D eigenvalue weighted by molar-refractivity contribution is 0.0533. The zero-order valence-electron chi connectivity index (χ0n) is 17.5. The number of unbranched alkanes of at least 4 members (excludes halogenated alkanes) is 1. The lowest BCUT2D eigenvalue weighted by Crippen LogP contribution is -2.35. The largest absolute Gasteiger partial charge is 0.482 e. The Morgan fingerprint density at radius 2 is 1.97 bits per heavy atom. The normalized spacial score (nSPS) is 19.8. The van der Waals surface area contributed by atoms with Gasteiger partial charge in [-0.15, -0.1) is 11.8 Å². The number of hydrogen-bond donors (Lipinski definition) is 0. The predicted molar refractivity (Wildman–Crippen MR) is 121 cm³/mol. The second-order valence-corrected chi connectivity index (χ2v) is 8.92. The molecular weight excluding hydrogens is 376 g/mol. The minimum absolute atomic E-state index is 0.697. The molecule has 29 heavy (non-hydrogen) atoms. The first-order chi connectivity index (χ1) is 14.2. The maximum absolute atomic E-state index is 6.29. The third-order valence-electron chi connectivity index (χ3n) is 5.82. The van der Waals surface area contributed by atoms with Crippen molar-refractivity contribution in [2.24, 2.45) is 0 Å². The Labute approximate surface area is 178 Å². The van der Waals surface area contributed by atoms with Gasteiger partial charge in [-0.3, -0.25) is 9.88 Å². The van der Waals surface area contributed by atoms with Crippen LogP contribution in [0, 0.1) is 0 Å². The molecule has 0 amide bonds. The summed E-state index contributed by atoms with van der Waals surface area (Å²) >= 11 is 1.92. The standard InChI is InChI=1S/C25H30N2OS/c1-3-4-13-27-16-23-19(2)21(17-29-22-10-6-5-7-11-22)14-20-9-8-12-26-24(20)15-25(23)28-18-27/h5-12H,3-4,13-18H2,1-2H3/b21-19+. The van der Waals surface area contributed by atoms with E-state index in [1.165, 1.54) is 40.0 Å². The molecule has 0 saturated carbocycles. The summed E-state index contributed by atoms with van der Waals surface area (Å²) in [5.74, 6) is 2.12. The first-order valence-corrected chi connectivity index (χ1v) is 11.6. The molecule has 2 aromatic rings. The molecule has 1 aromatic heterocycles. The average molecular weight is 407 g/mol. The SMILES string of the molecule is CCCCN1COC2=C(C1)/C(C)=C(/CSc1ccccc1)Cc1cccnc1C2. The van der Waals surface area contributed by atoms with Crippen LogP contribution in [0.1, 0.15) is 37.9 Å². The first-order valence-electron chi connectivity index (χ1n) is 10.6. The molecule has 0 atom stereocenters. The highest BCUT2D eigenvalue weighted by Crippen LogP contribution is 2.33. The number of aromatic nitrogens is 1. The number of allylic oxidation sites excluding steroid dienone is 1. The van der Waals surface area contributed by atoms with Gasteiger partial charge in [0.15, 0.2) is 0 Å². The van der Waals surface area contributed by atoms with Crippen LogP contribution in [-0.4, -0.2) is 35.5 Å². The van der Waals surface area contributed by atoms with E-state index in [-0.39, 0.29) is 0 Å². The average Bonchev–Trinajstić information content (AvgIpc) is 2.76. The number of rotatable bonds is 6. The molecule has 0 saturated heterocycles. The van der Waals surface area contributed by atoms with E-state index >= 15 is 0 Å². The fourth-order valence-corrected chi connectivity index (χ4v) is 5.00. The Hall–Kier alpha value is -2.04. The Kier molecular flexibility index (Phi) is 6.73. The molecular formula is C25H30N2OS. The molecule has 1 aromatic carbocycles. The van der Waals surface area contributed by atoms with Gasteiger partial charge >= 0.3 is 0 Å². The molecule has 3 nitrogen and oxygen atoms in total. The van der Waals surface area contributed by atoms with Gasteiger partial charge in [-0.05, 0) is 49.1 Å². The number of hydrogen-bond acceptors (Lipinski definition) is 4. The van der Waals surface area contributed by atoms with Crippen molar-refractivity contribution in [3.8, 4) is 0 Å². The monoisotopic (exact) mass is 406 g/mol. The summed E-state index contributed by atoms with van der Waals surface area (Å²) in [5.41, 5.74) is 6.78. The molecule has 0 fully saturated rings. The van der Waals surface area contributed by atoms with Crippen LogP contribution in [0.5, 0.6) is 0 Å². The Balaban J connectivity index is 1.65. The van der Waals surface area contributed by atoms with E-state index in [1.54, 1.807) is 0 Å². The molecule has 0 unspecified atom stereocenters. The smallest absolute Gasteiger partial charge is 0.141 e. The second-order valence-electron chi connectivity index (χ2n) is 7.87. The highest BCUT2D eigenvalue weighted by Gasteiger charge is 2.26. The van der Waals surface area contributed by atoms with Crippen molar-refractivity contribution in [3.63, 3.8) is 0 Å². The van der Waals surface area contributed by atoms with Gasteiger partial charge in [0.2, 0.25) is 0 Å². The summed E-state index contributed by atoms with van der Waals surface area (Å²) in [5, 5.41) is 0. The fraction of sp³-hybridized carbons (Fsp3) is 0.400. The van der Waals surface area contributed by atoms with Crippen LogP contribution >= 0.6 is 11.8 Å². The predicted octanol–water partition coefficient (Wildman–Crippen LogP) is 5.63. The van der Waals surface area contributed by atoms with Crippen LogP contribution in [0.3, 0.4) is 0 Å². The van der Waals surface area contributed by atoms with Gasteiger partial charge in [-0.25, -0.2) is 0 Å². The summed E-state index contributed by atoms with van der Waals surface area (Å²) in [6.45, 7) is 7.33. The number of thioether (sulfide) groups is 1. The molecule has 0 N–H and O–H groups in total. The van der Waals surface area contributed by atoms with Crippen molar-refractivity contribution in [1.29, 1.82) is 0 Å². The Morgan fingerprint density at radius 1 is 1.10 bits per heavy atom. The Bertz CT molecular complexity index is 904. The molecule has 4 heteroatoms. The van der Waals surface area contributed by atoms with Crippen LogP contribution in [0.15, 0.2) is 76.0 Å². The molecule has 152 valence electrons. The molecule has 2 heterocycles. The van der Waals surface area contributed by atoms with E-state index in [4.69, 9.17) is 9.72 Å². The van der Waals surface area contributed by atoms with Gasteiger partial charge in [0, 0.05) is 41.9 Å². The highest BCUT2D eigenvalue weighted by molar-refractivity contribution is 7.99. The minimum Gasteiger partial charge on any atom is -0.482 e. The van der Waals surface area contributed by atoms with Gasteiger partial charge in [0.25, 0.3) is 0 Å². The summed E-state index contributed by atoms with van der Waals surface area (Å²) in [4.78, 5) is 8.46. The zero-order valence-corrected chi connectivity index (χ0v) is 18.3. The van der Waals surface area contributed by atoms with Gasteiger partial charge in [0.05, 0.1) is 5.69 Å². The van der Waals surface area contributed by atoms with Crippen molar-refractivity contribution in [1.82, 2.24) is 9.88 Å². The third-order valence-corrected chi connectivity index (χ3v) is 6.92. The molecule has 0 radical (unpaired) electrons. The van der Waals surface area contributed by atoms with Crippen LogP contribution in [0.25, 0.3) is 0 Å². The molecule has 4 rings (SSSR count). The first kappa shape index (κ1) is 20.2. The quantitative estimate of drug-likeness (QED) is 0.580. The summed E-state index contributed by atoms with van der Waals surface area (Å²) in [6.07, 6.45) is 6.12. The van der Waals surface area contributed by atoms with Gasteiger partial charge in [-0.1, -0.05) is 43.2 Å². The number of fused-ring (bicyclic) bond motifs is 1. The van der Waals surface area contributed by atoms with Crippen molar-refractivity contribution in [2.45, 2.75) is 44.4 Å². The van der Waals surface area contributed by atoms with Crippen molar-refractivity contribution < 1.29 is 4.74 Å². The van der Waals surface area contributed by atoms with E-state index in [9.17, 15) is 0 Å². The summed E-state index contributed by atoms with van der Waals surface area (Å²) < 4.78 is 6.29. The van der Waals surface area contributed by atoms with E-state index in [0.717, 1.165) is 43.1 Å². The topological polar surface area (TPSA) is 25.4 Å². The van der Waals surface area contributed by atoms with Crippen LogP contribution in [0.2, 0.25) is 0 Å². The van der Waals surface area contributed by atoms with Gasteiger partial charge < -0.3 is 4.74 Å². The van der Waals surface area contributed by atoms with Crippen molar-refractivity contribution in [3.05, 3.63) is 82.4 Å². The number of ether oxygens (including phenoxy) is 1. The van der Waals surface area contributed by atoms with Gasteiger partial charge in [0.1, 0.15) is 12.5 Å². The summed E-state index contributed by atoms with van der Waals surface area (Å²) in [7, 11) is 0. The fourth-order valence-electron chi connectivity index (χ4n) is 3.99. The molecule has 0 bridgehead atoms. The molecule has 2 aliphatic rings. The van der Waals surface area contributed by atoms with E-state index in [2.05, 4.69) is 61.2 Å². The lowest BCUT2D eigenvalue weighted by atomic mass is 9.90. The zero-order chi connectivity index (χ0) is 20.1.